The minimum Gasteiger partial charge on any atom is -0.394 e. The lowest BCUT2D eigenvalue weighted by molar-refractivity contribution is -0.430. The van der Waals surface area contributed by atoms with Gasteiger partial charge in [0.25, 0.3) is 0 Å². The molecule has 3 aliphatic rings. The summed E-state index contributed by atoms with van der Waals surface area (Å²) in [4.78, 5) is 0. The van der Waals surface area contributed by atoms with Crippen LogP contribution in [0.1, 0.15) is 0 Å². The molecule has 0 unspecified atom stereocenters. The molecule has 0 aromatic carbocycles. The molecule has 3 aliphatic heterocycles. The molecule has 8 atom stereocenters. The van der Waals surface area contributed by atoms with Crippen LogP contribution in [-0.4, -0.2) is 105 Å². The molecule has 0 amide bonds. The lowest BCUT2D eigenvalue weighted by Crippen LogP contribution is -2.69. The Morgan fingerprint density at radius 3 is 1.95 bits per heavy atom. The third-order valence-electron chi connectivity index (χ3n) is 4.39. The maximum Gasteiger partial charge on any atom is 0.222 e. The van der Waals surface area contributed by atoms with Crippen molar-refractivity contribution < 1.29 is 49.6 Å². The van der Waals surface area contributed by atoms with E-state index in [9.17, 15) is 25.5 Å². The zero-order chi connectivity index (χ0) is 16.1. The first-order valence-electron chi connectivity index (χ1n) is 6.96. The minimum atomic E-state index is -1.70. The van der Waals surface area contributed by atoms with Gasteiger partial charge in [-0.25, -0.2) is 0 Å². The van der Waals surface area contributed by atoms with Crippen molar-refractivity contribution in [2.45, 2.75) is 48.2 Å². The molecule has 3 fully saturated rings. The van der Waals surface area contributed by atoms with Gasteiger partial charge in [0.15, 0.2) is 0 Å². The van der Waals surface area contributed by atoms with Gasteiger partial charge in [-0.15, -0.1) is 0 Å². The summed E-state index contributed by atoms with van der Waals surface area (Å²) in [6, 6.07) is 0. The zero-order valence-corrected chi connectivity index (χ0v) is 11.6. The Morgan fingerprint density at radius 2 is 1.41 bits per heavy atom. The molecule has 0 bridgehead atoms. The SMILES string of the molecule is OC[C@H]1O[C@]2(CO[C@@]3(CO2)OC[C@@H](O)[C@@H](O)[C@@H]3O)[C@@H](O)[C@@H]1O. The highest BCUT2D eigenvalue weighted by molar-refractivity contribution is 5.02. The van der Waals surface area contributed by atoms with Gasteiger partial charge >= 0.3 is 0 Å². The average Bonchev–Trinajstić information content (AvgIpc) is 2.77. The normalized spacial score (nSPS) is 55.9. The maximum absolute atomic E-state index is 10.0. The molecule has 2 spiro atoms. The van der Waals surface area contributed by atoms with Gasteiger partial charge in [-0.05, 0) is 0 Å². The molecular weight excluding hydrogens is 304 g/mol. The molecule has 0 aromatic heterocycles. The van der Waals surface area contributed by atoms with Crippen LogP contribution in [0.25, 0.3) is 0 Å². The maximum atomic E-state index is 10.0. The van der Waals surface area contributed by atoms with E-state index in [1.807, 2.05) is 0 Å². The summed E-state index contributed by atoms with van der Waals surface area (Å²) in [5.41, 5.74) is 0. The molecule has 0 aromatic rings. The Balaban J connectivity index is 1.73. The van der Waals surface area contributed by atoms with Crippen molar-refractivity contribution in [3.63, 3.8) is 0 Å². The van der Waals surface area contributed by atoms with Gasteiger partial charge in [0.1, 0.15) is 49.8 Å². The van der Waals surface area contributed by atoms with Crippen molar-refractivity contribution in [3.8, 4) is 0 Å². The highest BCUT2D eigenvalue weighted by Gasteiger charge is 2.62. The van der Waals surface area contributed by atoms with E-state index in [0.717, 1.165) is 0 Å². The molecule has 10 heteroatoms. The van der Waals surface area contributed by atoms with E-state index in [0.29, 0.717) is 0 Å². The lowest BCUT2D eigenvalue weighted by atomic mass is 9.95. The van der Waals surface area contributed by atoms with Gasteiger partial charge in [0.2, 0.25) is 11.6 Å². The largest absolute Gasteiger partial charge is 0.394 e. The van der Waals surface area contributed by atoms with E-state index in [1.54, 1.807) is 0 Å². The molecule has 3 heterocycles. The quantitative estimate of drug-likeness (QED) is 0.278. The second-order valence-corrected chi connectivity index (χ2v) is 5.79. The Hall–Kier alpha value is -0.400. The van der Waals surface area contributed by atoms with Crippen LogP contribution in [0.2, 0.25) is 0 Å². The van der Waals surface area contributed by atoms with Crippen LogP contribution >= 0.6 is 0 Å². The van der Waals surface area contributed by atoms with Crippen LogP contribution in [0.15, 0.2) is 0 Å². The van der Waals surface area contributed by atoms with E-state index in [4.69, 9.17) is 24.1 Å². The van der Waals surface area contributed by atoms with Crippen LogP contribution in [0, 0.1) is 0 Å². The Kier molecular flexibility index (Phi) is 4.19. The molecule has 0 saturated carbocycles. The second kappa shape index (κ2) is 5.60. The number of hydrogen-bond acceptors (Lipinski definition) is 10. The number of hydrogen-bond donors (Lipinski definition) is 6. The Labute approximate surface area is 125 Å². The first-order chi connectivity index (χ1) is 10.4. The van der Waals surface area contributed by atoms with Gasteiger partial charge in [-0.3, -0.25) is 0 Å². The van der Waals surface area contributed by atoms with E-state index in [1.165, 1.54) is 0 Å². The Bertz CT molecular complexity index is 403. The van der Waals surface area contributed by atoms with Gasteiger partial charge < -0.3 is 49.6 Å². The predicted molar refractivity (Wildman–Crippen MR) is 65.3 cm³/mol. The van der Waals surface area contributed by atoms with Crippen molar-refractivity contribution in [1.82, 2.24) is 0 Å². The number of aliphatic hydroxyl groups is 6. The molecule has 128 valence electrons. The topological polar surface area (TPSA) is 158 Å². The number of rotatable bonds is 1. The lowest BCUT2D eigenvalue weighted by Gasteiger charge is -2.50. The first-order valence-corrected chi connectivity index (χ1v) is 6.96. The van der Waals surface area contributed by atoms with Crippen LogP contribution in [0.4, 0.5) is 0 Å². The third-order valence-corrected chi connectivity index (χ3v) is 4.39. The molecule has 0 radical (unpaired) electrons. The highest BCUT2D eigenvalue weighted by Crippen LogP contribution is 2.40. The summed E-state index contributed by atoms with van der Waals surface area (Å²) in [5, 5.41) is 58.1. The van der Waals surface area contributed by atoms with E-state index >= 15 is 0 Å². The summed E-state index contributed by atoms with van der Waals surface area (Å²) in [7, 11) is 0. The van der Waals surface area contributed by atoms with E-state index in [-0.39, 0.29) is 6.61 Å². The minimum absolute atomic E-state index is 0.264. The summed E-state index contributed by atoms with van der Waals surface area (Å²) < 4.78 is 21.5. The van der Waals surface area contributed by atoms with Gasteiger partial charge in [0.05, 0.1) is 13.2 Å². The second-order valence-electron chi connectivity index (χ2n) is 5.79. The molecule has 3 rings (SSSR count). The van der Waals surface area contributed by atoms with Crippen LogP contribution in [-0.2, 0) is 18.9 Å². The predicted octanol–water partition coefficient (Wildman–Crippen LogP) is -4.35. The van der Waals surface area contributed by atoms with Gasteiger partial charge in [-0.1, -0.05) is 0 Å². The van der Waals surface area contributed by atoms with E-state index in [2.05, 4.69) is 0 Å². The number of ether oxygens (including phenoxy) is 4. The molecule has 10 nitrogen and oxygen atoms in total. The zero-order valence-electron chi connectivity index (χ0n) is 11.6. The third kappa shape index (κ3) is 2.27. The fourth-order valence-corrected chi connectivity index (χ4v) is 2.91. The van der Waals surface area contributed by atoms with Crippen molar-refractivity contribution in [1.29, 1.82) is 0 Å². The summed E-state index contributed by atoms with van der Waals surface area (Å²) >= 11 is 0. The summed E-state index contributed by atoms with van der Waals surface area (Å²) in [6.45, 7) is -1.58. The fourth-order valence-electron chi connectivity index (χ4n) is 2.91. The van der Waals surface area contributed by atoms with Gasteiger partial charge in [0, 0.05) is 0 Å². The monoisotopic (exact) mass is 324 g/mol. The average molecular weight is 324 g/mol. The standard InChI is InChI=1S/C12H20O10/c13-1-6-8(16)10(18)12(22-6)4-20-11(3-21-12)9(17)7(15)5(14)2-19-11/h5-10,13-18H,1-4H2/t5-,6-,7-,8-,9+,10+,11-,12-/m1/s1. The van der Waals surface area contributed by atoms with Crippen molar-refractivity contribution in [3.05, 3.63) is 0 Å². The van der Waals surface area contributed by atoms with E-state index < -0.39 is 68.0 Å². The van der Waals surface area contributed by atoms with Crippen LogP contribution in [0.3, 0.4) is 0 Å². The Morgan fingerprint density at radius 1 is 0.818 bits per heavy atom. The molecule has 0 aliphatic carbocycles. The first kappa shape index (κ1) is 16.5. The molecule has 3 saturated heterocycles. The summed E-state index contributed by atoms with van der Waals surface area (Å²) in [6.07, 6.45) is -8.14. The highest BCUT2D eigenvalue weighted by atomic mass is 16.8. The van der Waals surface area contributed by atoms with Crippen molar-refractivity contribution in [2.75, 3.05) is 26.4 Å². The summed E-state index contributed by atoms with van der Waals surface area (Å²) in [5.74, 6) is -3.39. The smallest absolute Gasteiger partial charge is 0.222 e. The molecule has 22 heavy (non-hydrogen) atoms. The van der Waals surface area contributed by atoms with Crippen molar-refractivity contribution >= 4 is 0 Å². The van der Waals surface area contributed by atoms with Crippen LogP contribution < -0.4 is 0 Å². The molecular formula is C12H20O10. The van der Waals surface area contributed by atoms with Crippen LogP contribution in [0.5, 0.6) is 0 Å². The molecule has 6 N–H and O–H groups in total. The number of aliphatic hydroxyl groups excluding tert-OH is 6. The van der Waals surface area contributed by atoms with Gasteiger partial charge in [-0.2, -0.15) is 0 Å². The fraction of sp³-hybridized carbons (Fsp3) is 1.00. The van der Waals surface area contributed by atoms with Crippen molar-refractivity contribution in [2.24, 2.45) is 0 Å².